The number of aliphatic hydroxyl groups is 5. The van der Waals surface area contributed by atoms with Crippen LogP contribution in [0.3, 0.4) is 0 Å². The number of rotatable bonds is 37. The number of ether oxygens (including phenoxy) is 2. The first-order chi connectivity index (χ1) is 29.4. The molecule has 14 heteroatoms. The van der Waals surface area contributed by atoms with Gasteiger partial charge in [-0.2, -0.15) is 0 Å². The predicted molar refractivity (Wildman–Crippen MR) is 239 cm³/mol. The molecule has 352 valence electrons. The number of aliphatic hydroxyl groups excluding tert-OH is 5. The van der Waals surface area contributed by atoms with Gasteiger partial charge in [-0.3, -0.25) is 18.6 Å². The Balaban J connectivity index is 2.52. The van der Waals surface area contributed by atoms with E-state index in [0.717, 1.165) is 57.8 Å². The number of hydrogen-bond acceptors (Lipinski definition) is 12. The van der Waals surface area contributed by atoms with Crippen molar-refractivity contribution in [1.82, 2.24) is 0 Å². The Morgan fingerprint density at radius 1 is 0.508 bits per heavy atom. The van der Waals surface area contributed by atoms with Gasteiger partial charge in [-0.05, 0) is 77.0 Å². The van der Waals surface area contributed by atoms with Gasteiger partial charge in [-0.25, -0.2) is 4.57 Å². The van der Waals surface area contributed by atoms with Crippen molar-refractivity contribution >= 4 is 19.8 Å². The number of carbonyl (C=O) groups excluding carboxylic acids is 2. The van der Waals surface area contributed by atoms with Crippen LogP contribution in [0.15, 0.2) is 60.8 Å². The van der Waals surface area contributed by atoms with Crippen molar-refractivity contribution in [3.05, 3.63) is 60.8 Å². The molecule has 0 heterocycles. The number of phosphoric ester groups is 1. The molecular weight excluding hydrogens is 803 g/mol. The van der Waals surface area contributed by atoms with E-state index in [1.165, 1.54) is 64.2 Å². The van der Waals surface area contributed by atoms with E-state index < -0.39 is 75.7 Å². The molecule has 0 saturated heterocycles. The standard InChI is InChI=1S/C47H81O13P/c1-3-5-7-9-11-13-15-17-19-20-22-24-26-28-30-32-34-36-41(49)59-39(38-58-61(55,56)60-47-45(53)43(51)42(50)44(52)46(47)54)37-57-40(48)35-33-31-29-27-25-23-21-18-16-14-12-10-8-6-4-2/h11,13-14,16-17,19,22,24,28,30,39,42-47,50-54H,3-10,12,15,18,20-21,23,25-27,29,31-38H2,1-2H3,(H,55,56)/b13-11+,16-14+,19-17+,24-22+,30-28+/t39-,42?,43+,44?,45?,46?,47?/m1/s1. The van der Waals surface area contributed by atoms with Gasteiger partial charge in [-0.15, -0.1) is 0 Å². The third-order valence-electron chi connectivity index (χ3n) is 10.3. The van der Waals surface area contributed by atoms with Gasteiger partial charge in [0.15, 0.2) is 6.10 Å². The third-order valence-corrected chi connectivity index (χ3v) is 11.3. The monoisotopic (exact) mass is 885 g/mol. The summed E-state index contributed by atoms with van der Waals surface area (Å²) in [6.07, 6.45) is 31.3. The highest BCUT2D eigenvalue weighted by molar-refractivity contribution is 7.47. The maximum atomic E-state index is 12.8. The summed E-state index contributed by atoms with van der Waals surface area (Å²) in [5.74, 6) is -1.17. The zero-order chi connectivity index (χ0) is 45.0. The summed E-state index contributed by atoms with van der Waals surface area (Å²) in [4.78, 5) is 35.7. The quantitative estimate of drug-likeness (QED) is 0.0149. The van der Waals surface area contributed by atoms with Crippen LogP contribution in [0.5, 0.6) is 0 Å². The van der Waals surface area contributed by atoms with Crippen LogP contribution in [0.2, 0.25) is 0 Å². The molecule has 6 unspecified atom stereocenters. The van der Waals surface area contributed by atoms with E-state index >= 15 is 0 Å². The molecule has 0 aromatic rings. The van der Waals surface area contributed by atoms with Crippen molar-refractivity contribution in [2.75, 3.05) is 13.2 Å². The number of phosphoric acid groups is 1. The second-order valence-corrected chi connectivity index (χ2v) is 17.3. The molecule has 1 rings (SSSR count). The molecule has 0 amide bonds. The second kappa shape index (κ2) is 37.0. The summed E-state index contributed by atoms with van der Waals surface area (Å²) in [6, 6.07) is 0. The Hall–Kier alpha value is -2.45. The molecule has 0 radical (unpaired) electrons. The lowest BCUT2D eigenvalue weighted by Crippen LogP contribution is -2.64. The minimum atomic E-state index is -5.14. The van der Waals surface area contributed by atoms with E-state index in [4.69, 9.17) is 18.5 Å². The molecular formula is C47H81O13P. The van der Waals surface area contributed by atoms with Crippen molar-refractivity contribution in [1.29, 1.82) is 0 Å². The Morgan fingerprint density at radius 3 is 1.44 bits per heavy atom. The minimum absolute atomic E-state index is 0.0180. The summed E-state index contributed by atoms with van der Waals surface area (Å²) in [5.41, 5.74) is 0. The fourth-order valence-electron chi connectivity index (χ4n) is 6.57. The van der Waals surface area contributed by atoms with Gasteiger partial charge in [0.1, 0.15) is 43.2 Å². The minimum Gasteiger partial charge on any atom is -0.462 e. The molecule has 1 aliphatic carbocycles. The highest BCUT2D eigenvalue weighted by Gasteiger charge is 2.51. The van der Waals surface area contributed by atoms with Crippen molar-refractivity contribution in [2.45, 2.75) is 211 Å². The molecule has 0 aromatic heterocycles. The molecule has 0 spiro atoms. The average Bonchev–Trinajstić information content (AvgIpc) is 3.24. The van der Waals surface area contributed by atoms with Gasteiger partial charge in [0, 0.05) is 12.8 Å². The average molecular weight is 885 g/mol. The molecule has 6 N–H and O–H groups in total. The van der Waals surface area contributed by atoms with E-state index in [-0.39, 0.29) is 12.8 Å². The van der Waals surface area contributed by atoms with Gasteiger partial charge in [0.2, 0.25) is 0 Å². The normalized spacial score (nSPS) is 22.6. The van der Waals surface area contributed by atoms with Crippen LogP contribution in [0.1, 0.15) is 168 Å². The lowest BCUT2D eigenvalue weighted by atomic mass is 9.85. The molecule has 0 aromatic carbocycles. The van der Waals surface area contributed by atoms with E-state index in [2.05, 4.69) is 62.5 Å². The number of esters is 2. The Morgan fingerprint density at radius 2 is 0.902 bits per heavy atom. The Labute approximate surface area is 366 Å². The number of unbranched alkanes of at least 4 members (excludes halogenated alkanes) is 15. The Kier molecular flexibility index (Phi) is 34.3. The fraction of sp³-hybridized carbons (Fsp3) is 0.745. The second-order valence-electron chi connectivity index (χ2n) is 15.9. The van der Waals surface area contributed by atoms with Crippen LogP contribution in [-0.4, -0.2) is 98.3 Å². The van der Waals surface area contributed by atoms with E-state index in [0.29, 0.717) is 19.3 Å². The molecule has 1 fully saturated rings. The van der Waals surface area contributed by atoms with Crippen molar-refractivity contribution in [3.63, 3.8) is 0 Å². The van der Waals surface area contributed by atoms with Crippen LogP contribution in [0, 0.1) is 0 Å². The first-order valence-electron chi connectivity index (χ1n) is 23.1. The Bertz CT molecular complexity index is 1300. The smallest absolute Gasteiger partial charge is 0.462 e. The number of allylic oxidation sites excluding steroid dienone is 10. The molecule has 0 aliphatic heterocycles. The summed E-state index contributed by atoms with van der Waals surface area (Å²) in [6.45, 7) is 3.20. The maximum absolute atomic E-state index is 12.8. The summed E-state index contributed by atoms with van der Waals surface area (Å²) in [7, 11) is -5.14. The van der Waals surface area contributed by atoms with Crippen LogP contribution >= 0.6 is 7.82 Å². The summed E-state index contributed by atoms with van der Waals surface area (Å²) in [5, 5.41) is 50.1. The lowest BCUT2D eigenvalue weighted by Gasteiger charge is -2.41. The molecule has 1 saturated carbocycles. The van der Waals surface area contributed by atoms with Gasteiger partial charge < -0.3 is 39.9 Å². The lowest BCUT2D eigenvalue weighted by molar-refractivity contribution is -0.220. The molecule has 0 bridgehead atoms. The van der Waals surface area contributed by atoms with Crippen LogP contribution in [0.4, 0.5) is 0 Å². The molecule has 13 nitrogen and oxygen atoms in total. The van der Waals surface area contributed by atoms with Crippen molar-refractivity contribution in [2.24, 2.45) is 0 Å². The van der Waals surface area contributed by atoms with Crippen molar-refractivity contribution in [3.8, 4) is 0 Å². The van der Waals surface area contributed by atoms with Crippen LogP contribution in [-0.2, 0) is 32.7 Å². The third kappa shape index (κ3) is 29.5. The zero-order valence-corrected chi connectivity index (χ0v) is 38.1. The highest BCUT2D eigenvalue weighted by Crippen LogP contribution is 2.47. The molecule has 1 aliphatic rings. The SMILES string of the molecule is CCCCC/C=C/C/C=C/C/C=C/C/C=C/CCCC(=O)O[C@H](COC(=O)CCCCCCCCC/C=C/CCCCCC)COP(=O)(O)OC1C(O)C(O)C(O)[C@H](O)C1O. The number of carbonyl (C=O) groups is 2. The van der Waals surface area contributed by atoms with Gasteiger partial charge in [0.05, 0.1) is 6.61 Å². The van der Waals surface area contributed by atoms with Crippen LogP contribution in [0.25, 0.3) is 0 Å². The first kappa shape index (κ1) is 56.6. The maximum Gasteiger partial charge on any atom is 0.472 e. The summed E-state index contributed by atoms with van der Waals surface area (Å²) < 4.78 is 33.4. The highest BCUT2D eigenvalue weighted by atomic mass is 31.2. The van der Waals surface area contributed by atoms with Gasteiger partial charge in [0.25, 0.3) is 0 Å². The zero-order valence-electron chi connectivity index (χ0n) is 37.2. The van der Waals surface area contributed by atoms with Crippen LogP contribution < -0.4 is 0 Å². The molecule has 8 atom stereocenters. The predicted octanol–water partition coefficient (Wildman–Crippen LogP) is 8.94. The fourth-order valence-corrected chi connectivity index (χ4v) is 7.54. The number of hydrogen-bond donors (Lipinski definition) is 6. The van der Waals surface area contributed by atoms with Crippen molar-refractivity contribution < 1.29 is 63.1 Å². The van der Waals surface area contributed by atoms with Gasteiger partial charge >= 0.3 is 19.8 Å². The van der Waals surface area contributed by atoms with Gasteiger partial charge in [-0.1, -0.05) is 139 Å². The van der Waals surface area contributed by atoms with E-state index in [1.807, 2.05) is 12.2 Å². The summed E-state index contributed by atoms with van der Waals surface area (Å²) >= 11 is 0. The molecule has 61 heavy (non-hydrogen) atoms. The largest absolute Gasteiger partial charge is 0.472 e. The van der Waals surface area contributed by atoms with E-state index in [9.17, 15) is 44.6 Å². The first-order valence-corrected chi connectivity index (χ1v) is 24.6. The van der Waals surface area contributed by atoms with E-state index in [1.54, 1.807) is 0 Å². The topological polar surface area (TPSA) is 210 Å².